The van der Waals surface area contributed by atoms with Gasteiger partial charge >= 0.3 is 11.9 Å². The highest BCUT2D eigenvalue weighted by Gasteiger charge is 2.26. The fourth-order valence-electron chi connectivity index (χ4n) is 3.14. The monoisotopic (exact) mass is 416 g/mol. The van der Waals surface area contributed by atoms with Crippen LogP contribution in [-0.2, 0) is 33.2 Å². The number of carbonyl (C=O) groups is 4. The number of aryl methyl sites for hydroxylation is 2. The van der Waals surface area contributed by atoms with E-state index in [9.17, 15) is 19.2 Å². The van der Waals surface area contributed by atoms with Gasteiger partial charge in [0, 0.05) is 52.7 Å². The summed E-state index contributed by atoms with van der Waals surface area (Å²) in [6.45, 7) is 0.560. The maximum Gasteiger partial charge on any atom is 0.355 e. The minimum absolute atomic E-state index is 0.317. The van der Waals surface area contributed by atoms with Gasteiger partial charge in [-0.1, -0.05) is 0 Å². The summed E-state index contributed by atoms with van der Waals surface area (Å²) >= 11 is 0. The highest BCUT2D eigenvalue weighted by Crippen LogP contribution is 2.07. The first-order valence-electron chi connectivity index (χ1n) is 9.49. The molecule has 0 radical (unpaired) electrons. The molecular weight excluding hydrogens is 392 g/mol. The van der Waals surface area contributed by atoms with Crippen LogP contribution < -0.4 is 0 Å². The Morgan fingerprint density at radius 1 is 0.733 bits per heavy atom. The van der Waals surface area contributed by atoms with E-state index in [1.54, 1.807) is 59.9 Å². The lowest BCUT2D eigenvalue weighted by atomic mass is 10.3. The average molecular weight is 416 g/mol. The van der Waals surface area contributed by atoms with Crippen LogP contribution in [-0.4, -0.2) is 82.1 Å². The molecule has 30 heavy (non-hydrogen) atoms. The molecule has 1 aliphatic heterocycles. The molecule has 1 aliphatic rings. The van der Waals surface area contributed by atoms with Crippen molar-refractivity contribution < 1.29 is 28.7 Å². The zero-order chi connectivity index (χ0) is 21.7. The van der Waals surface area contributed by atoms with Crippen molar-refractivity contribution in [3.63, 3.8) is 0 Å². The first-order valence-corrected chi connectivity index (χ1v) is 9.49. The molecule has 1 fully saturated rings. The normalized spacial score (nSPS) is 13.8. The van der Waals surface area contributed by atoms with Gasteiger partial charge in [0.25, 0.3) is 11.8 Å². The summed E-state index contributed by atoms with van der Waals surface area (Å²) in [5, 5.41) is 0. The summed E-state index contributed by atoms with van der Waals surface area (Å²) in [4.78, 5) is 51.6. The first kappa shape index (κ1) is 21.2. The third-order valence-electron chi connectivity index (χ3n) is 4.94. The topological polar surface area (TPSA) is 103 Å². The molecule has 0 unspecified atom stereocenters. The van der Waals surface area contributed by atoms with Gasteiger partial charge in [0.15, 0.2) is 13.2 Å². The van der Waals surface area contributed by atoms with Crippen molar-refractivity contribution in [1.29, 1.82) is 0 Å². The molecule has 2 aromatic rings. The van der Waals surface area contributed by atoms with Gasteiger partial charge in [0.05, 0.1) is 0 Å². The molecule has 2 aromatic heterocycles. The van der Waals surface area contributed by atoms with Crippen LogP contribution >= 0.6 is 0 Å². The van der Waals surface area contributed by atoms with E-state index in [1.807, 2.05) is 0 Å². The van der Waals surface area contributed by atoms with Gasteiger partial charge < -0.3 is 28.4 Å². The summed E-state index contributed by atoms with van der Waals surface area (Å²) in [6.07, 6.45) is 3.43. The molecule has 0 aliphatic carbocycles. The number of amides is 2. The molecule has 0 bridgehead atoms. The Morgan fingerprint density at radius 3 is 1.40 bits per heavy atom. The molecule has 0 aromatic carbocycles. The largest absolute Gasteiger partial charge is 0.451 e. The highest BCUT2D eigenvalue weighted by atomic mass is 16.5. The molecule has 0 spiro atoms. The van der Waals surface area contributed by atoms with E-state index in [-0.39, 0.29) is 25.0 Å². The highest BCUT2D eigenvalue weighted by molar-refractivity contribution is 5.90. The molecule has 160 valence electrons. The Labute approximate surface area is 173 Å². The van der Waals surface area contributed by atoms with Crippen molar-refractivity contribution >= 4 is 23.8 Å². The van der Waals surface area contributed by atoms with E-state index in [1.165, 1.54) is 9.80 Å². The number of hydrogen-bond donors (Lipinski definition) is 0. The van der Waals surface area contributed by atoms with E-state index in [0.29, 0.717) is 37.6 Å². The van der Waals surface area contributed by atoms with E-state index >= 15 is 0 Å². The SMILES string of the molecule is Cn1cccc1C(=O)OCC(=O)N1CCN(C(=O)COC(=O)c2cccn2C)CC1. The van der Waals surface area contributed by atoms with Crippen molar-refractivity contribution in [2.45, 2.75) is 0 Å². The lowest BCUT2D eigenvalue weighted by molar-refractivity contribution is -0.142. The summed E-state index contributed by atoms with van der Waals surface area (Å²) < 4.78 is 13.4. The molecule has 10 nitrogen and oxygen atoms in total. The van der Waals surface area contributed by atoms with Gasteiger partial charge in [0.2, 0.25) is 0 Å². The minimum atomic E-state index is -0.565. The lowest BCUT2D eigenvalue weighted by Gasteiger charge is -2.34. The van der Waals surface area contributed by atoms with Gasteiger partial charge in [-0.05, 0) is 24.3 Å². The second-order valence-electron chi connectivity index (χ2n) is 6.92. The fraction of sp³-hybridized carbons (Fsp3) is 0.400. The van der Waals surface area contributed by atoms with Crippen LogP contribution in [0.3, 0.4) is 0 Å². The second-order valence-corrected chi connectivity index (χ2v) is 6.92. The number of esters is 2. The Kier molecular flexibility index (Phi) is 6.55. The van der Waals surface area contributed by atoms with Crippen LogP contribution in [0.5, 0.6) is 0 Å². The van der Waals surface area contributed by atoms with Gasteiger partial charge in [-0.15, -0.1) is 0 Å². The second kappa shape index (κ2) is 9.29. The van der Waals surface area contributed by atoms with Crippen LogP contribution in [0.2, 0.25) is 0 Å². The Balaban J connectivity index is 1.39. The van der Waals surface area contributed by atoms with E-state index in [0.717, 1.165) is 0 Å². The van der Waals surface area contributed by atoms with Crippen LogP contribution in [0.25, 0.3) is 0 Å². The molecule has 0 N–H and O–H groups in total. The number of hydrogen-bond acceptors (Lipinski definition) is 6. The molecule has 10 heteroatoms. The zero-order valence-corrected chi connectivity index (χ0v) is 16.9. The third kappa shape index (κ3) is 4.88. The molecule has 3 heterocycles. The van der Waals surface area contributed by atoms with Crippen molar-refractivity contribution in [2.24, 2.45) is 14.1 Å². The summed E-state index contributed by atoms with van der Waals surface area (Å²) in [7, 11) is 3.43. The number of rotatable bonds is 6. The fourth-order valence-corrected chi connectivity index (χ4v) is 3.14. The van der Waals surface area contributed by atoms with Gasteiger partial charge in [-0.25, -0.2) is 9.59 Å². The molecular formula is C20H24N4O6. The number of nitrogens with zero attached hydrogens (tertiary/aromatic N) is 4. The lowest BCUT2D eigenvalue weighted by Crippen LogP contribution is -2.52. The maximum absolute atomic E-state index is 12.3. The Bertz CT molecular complexity index is 863. The predicted molar refractivity (Wildman–Crippen MR) is 105 cm³/mol. The molecule has 0 saturated carbocycles. The smallest absolute Gasteiger partial charge is 0.355 e. The van der Waals surface area contributed by atoms with Crippen molar-refractivity contribution in [1.82, 2.24) is 18.9 Å². The summed E-state index contributed by atoms with van der Waals surface area (Å²) in [5.74, 6) is -1.77. The molecule has 2 amide bonds. The van der Waals surface area contributed by atoms with Crippen molar-refractivity contribution in [2.75, 3.05) is 39.4 Å². The number of piperazine rings is 1. The van der Waals surface area contributed by atoms with Crippen LogP contribution in [0.1, 0.15) is 21.0 Å². The molecule has 0 atom stereocenters. The van der Waals surface area contributed by atoms with Crippen LogP contribution in [0.15, 0.2) is 36.7 Å². The average Bonchev–Trinajstić information content (AvgIpc) is 3.37. The summed E-state index contributed by atoms with van der Waals surface area (Å²) in [6, 6.07) is 6.65. The third-order valence-corrected chi connectivity index (χ3v) is 4.94. The first-order chi connectivity index (χ1) is 14.4. The number of ether oxygens (including phenoxy) is 2. The minimum Gasteiger partial charge on any atom is -0.451 e. The van der Waals surface area contributed by atoms with Crippen molar-refractivity contribution in [3.05, 3.63) is 48.0 Å². The van der Waals surface area contributed by atoms with Gasteiger partial charge in [-0.2, -0.15) is 0 Å². The maximum atomic E-state index is 12.3. The number of aromatic nitrogens is 2. The molecule has 3 rings (SSSR count). The standard InChI is InChI=1S/C20H24N4O6/c1-21-7-3-5-15(21)19(27)29-13-17(25)23-9-11-24(12-10-23)18(26)14-30-20(28)16-6-4-8-22(16)2/h3-8H,9-14H2,1-2H3. The van der Waals surface area contributed by atoms with Gasteiger partial charge in [-0.3, -0.25) is 9.59 Å². The predicted octanol–water partition coefficient (Wildman–Crippen LogP) is 0.0482. The Morgan fingerprint density at radius 2 is 1.10 bits per heavy atom. The zero-order valence-electron chi connectivity index (χ0n) is 16.9. The quantitative estimate of drug-likeness (QED) is 0.617. The Hall–Kier alpha value is -3.56. The van der Waals surface area contributed by atoms with Crippen molar-refractivity contribution in [3.8, 4) is 0 Å². The molecule has 1 saturated heterocycles. The van der Waals surface area contributed by atoms with Crippen LogP contribution in [0, 0.1) is 0 Å². The summed E-state index contributed by atoms with van der Waals surface area (Å²) in [5.41, 5.74) is 0.728. The van der Waals surface area contributed by atoms with E-state index in [4.69, 9.17) is 9.47 Å². The number of carbonyl (C=O) groups excluding carboxylic acids is 4. The van der Waals surface area contributed by atoms with E-state index in [2.05, 4.69) is 0 Å². The van der Waals surface area contributed by atoms with E-state index < -0.39 is 11.9 Å². The van der Waals surface area contributed by atoms with Gasteiger partial charge in [0.1, 0.15) is 11.4 Å². The van der Waals surface area contributed by atoms with Crippen LogP contribution in [0.4, 0.5) is 0 Å².